The Morgan fingerprint density at radius 2 is 2.00 bits per heavy atom. The number of carbonyl (C=O) groups excluding carboxylic acids is 1. The minimum Gasteiger partial charge on any atom is -0.393 e. The molecule has 2 unspecified atom stereocenters. The molecular formula is C13H17ClO2. The molecule has 0 aromatic heterocycles. The van der Waals surface area contributed by atoms with Crippen molar-refractivity contribution < 1.29 is 9.90 Å². The van der Waals surface area contributed by atoms with Gasteiger partial charge in [-0.1, -0.05) is 11.6 Å². The van der Waals surface area contributed by atoms with Crippen LogP contribution in [0.3, 0.4) is 0 Å². The largest absolute Gasteiger partial charge is 0.393 e. The van der Waals surface area contributed by atoms with E-state index in [4.69, 9.17) is 11.6 Å². The summed E-state index contributed by atoms with van der Waals surface area (Å²) in [4.78, 5) is 12.0. The Morgan fingerprint density at radius 3 is 2.62 bits per heavy atom. The van der Waals surface area contributed by atoms with E-state index in [1.165, 1.54) is 5.57 Å². The lowest BCUT2D eigenvalue weighted by molar-refractivity contribution is -0.133. The summed E-state index contributed by atoms with van der Waals surface area (Å²) in [7, 11) is 0. The van der Waals surface area contributed by atoms with Crippen LogP contribution in [0.4, 0.5) is 0 Å². The van der Waals surface area contributed by atoms with Crippen LogP contribution in [0.1, 0.15) is 32.6 Å². The Kier molecular flexibility index (Phi) is 2.41. The summed E-state index contributed by atoms with van der Waals surface area (Å²) in [6.07, 6.45) is 3.11. The van der Waals surface area contributed by atoms with Gasteiger partial charge in [-0.05, 0) is 43.6 Å². The first-order valence-corrected chi connectivity index (χ1v) is 6.56. The van der Waals surface area contributed by atoms with Crippen molar-refractivity contribution in [1.82, 2.24) is 0 Å². The number of hydrogen-bond donors (Lipinski definition) is 1. The fraction of sp³-hybridized carbons (Fsp3) is 0.769. The van der Waals surface area contributed by atoms with Crippen molar-refractivity contribution in [2.75, 3.05) is 0 Å². The Morgan fingerprint density at radius 1 is 1.31 bits per heavy atom. The van der Waals surface area contributed by atoms with Crippen LogP contribution >= 0.6 is 11.6 Å². The Bertz CT molecular complexity index is 370. The number of fused-ring (bicyclic) bond motifs is 5. The highest BCUT2D eigenvalue weighted by molar-refractivity contribution is 6.29. The van der Waals surface area contributed by atoms with Gasteiger partial charge in [-0.2, -0.15) is 0 Å². The zero-order valence-electron chi connectivity index (χ0n) is 9.45. The van der Waals surface area contributed by atoms with Crippen LogP contribution < -0.4 is 0 Å². The molecule has 0 amide bonds. The average Bonchev–Trinajstić information content (AvgIpc) is 2.79. The van der Waals surface area contributed by atoms with Gasteiger partial charge in [-0.25, -0.2) is 0 Å². The van der Waals surface area contributed by atoms with Crippen LogP contribution in [0.2, 0.25) is 0 Å². The summed E-state index contributed by atoms with van der Waals surface area (Å²) in [6, 6.07) is 0. The standard InChI is InChI=1S/C13H17ClO2/c1-6(14)11-7-2-3-8(11)13-10(16)5-4-9(15)12(7)13/h7-9,12-13,15H,2-5H2,1H3/t7?,8?,9-,12+,13-/m1/s1. The third-order valence-electron chi connectivity index (χ3n) is 4.80. The van der Waals surface area contributed by atoms with E-state index in [0.717, 1.165) is 17.9 Å². The molecule has 3 fully saturated rings. The summed E-state index contributed by atoms with van der Waals surface area (Å²) < 4.78 is 0. The van der Waals surface area contributed by atoms with Crippen LogP contribution in [-0.2, 0) is 4.79 Å². The van der Waals surface area contributed by atoms with E-state index in [1.807, 2.05) is 6.92 Å². The second kappa shape index (κ2) is 3.58. The normalized spacial score (nSPS) is 49.4. The van der Waals surface area contributed by atoms with E-state index in [2.05, 4.69) is 0 Å². The van der Waals surface area contributed by atoms with E-state index >= 15 is 0 Å². The molecule has 0 aliphatic heterocycles. The number of ketones is 1. The van der Waals surface area contributed by atoms with Crippen LogP contribution in [0.5, 0.6) is 0 Å². The maximum atomic E-state index is 12.0. The lowest BCUT2D eigenvalue weighted by Crippen LogP contribution is -2.41. The Hall–Kier alpha value is -0.340. The van der Waals surface area contributed by atoms with Crippen molar-refractivity contribution in [3.05, 3.63) is 10.6 Å². The molecule has 0 radical (unpaired) electrons. The highest BCUT2D eigenvalue weighted by Gasteiger charge is 2.57. The second-order valence-corrected chi connectivity index (χ2v) is 6.02. The number of allylic oxidation sites excluding steroid dienone is 2. The van der Waals surface area contributed by atoms with Crippen LogP contribution in [0.25, 0.3) is 0 Å². The zero-order chi connectivity index (χ0) is 11.4. The molecule has 16 heavy (non-hydrogen) atoms. The number of halogens is 1. The van der Waals surface area contributed by atoms with Crippen LogP contribution in [0, 0.1) is 23.7 Å². The smallest absolute Gasteiger partial charge is 0.137 e. The van der Waals surface area contributed by atoms with Gasteiger partial charge in [0.25, 0.3) is 0 Å². The van der Waals surface area contributed by atoms with Crippen molar-refractivity contribution in [2.24, 2.45) is 23.7 Å². The molecule has 2 bridgehead atoms. The minimum absolute atomic E-state index is 0.0752. The van der Waals surface area contributed by atoms with Crippen LogP contribution in [-0.4, -0.2) is 17.0 Å². The maximum absolute atomic E-state index is 12.0. The fourth-order valence-corrected chi connectivity index (χ4v) is 4.62. The number of carbonyl (C=O) groups is 1. The monoisotopic (exact) mass is 240 g/mol. The number of aliphatic hydroxyl groups excluding tert-OH is 1. The van der Waals surface area contributed by atoms with Gasteiger partial charge in [0.05, 0.1) is 6.10 Å². The van der Waals surface area contributed by atoms with Gasteiger partial charge in [0.2, 0.25) is 0 Å². The van der Waals surface area contributed by atoms with Gasteiger partial charge in [-0.3, -0.25) is 4.79 Å². The van der Waals surface area contributed by atoms with Gasteiger partial charge >= 0.3 is 0 Å². The highest BCUT2D eigenvalue weighted by Crippen LogP contribution is 2.60. The molecule has 5 atom stereocenters. The summed E-state index contributed by atoms with van der Waals surface area (Å²) in [6.45, 7) is 1.93. The Balaban J connectivity index is 2.04. The second-order valence-electron chi connectivity index (χ2n) is 5.45. The molecule has 3 rings (SSSR count). The van der Waals surface area contributed by atoms with Crippen molar-refractivity contribution in [3.63, 3.8) is 0 Å². The van der Waals surface area contributed by atoms with E-state index in [1.54, 1.807) is 0 Å². The SMILES string of the molecule is CC(Cl)=C1C2CCC1[C@@H]1C(=O)CC[C@@H](O)[C@H]21. The third-order valence-corrected chi connectivity index (χ3v) is 5.02. The summed E-state index contributed by atoms with van der Waals surface area (Å²) in [5.41, 5.74) is 1.28. The molecule has 3 saturated carbocycles. The van der Waals surface area contributed by atoms with Crippen molar-refractivity contribution in [1.29, 1.82) is 0 Å². The Labute approximate surface area is 101 Å². The average molecular weight is 241 g/mol. The molecule has 3 aliphatic rings. The third kappa shape index (κ3) is 1.26. The number of Topliss-reactive ketones (excluding diaryl/α,β-unsaturated/α-hetero) is 1. The predicted molar refractivity (Wildman–Crippen MR) is 62.0 cm³/mol. The molecule has 0 heterocycles. The molecule has 1 N–H and O–H groups in total. The van der Waals surface area contributed by atoms with Crippen molar-refractivity contribution in [2.45, 2.75) is 38.7 Å². The predicted octanol–water partition coefficient (Wildman–Crippen LogP) is 2.50. The topological polar surface area (TPSA) is 37.3 Å². The molecule has 88 valence electrons. The van der Waals surface area contributed by atoms with Gasteiger partial charge in [-0.15, -0.1) is 0 Å². The zero-order valence-corrected chi connectivity index (χ0v) is 10.2. The molecule has 3 aliphatic carbocycles. The highest BCUT2D eigenvalue weighted by atomic mass is 35.5. The first-order valence-electron chi connectivity index (χ1n) is 6.18. The lowest BCUT2D eigenvalue weighted by Gasteiger charge is -2.36. The maximum Gasteiger partial charge on any atom is 0.137 e. The molecule has 0 saturated heterocycles. The van der Waals surface area contributed by atoms with Gasteiger partial charge < -0.3 is 5.11 Å². The molecule has 2 nitrogen and oxygen atoms in total. The van der Waals surface area contributed by atoms with Gasteiger partial charge in [0, 0.05) is 23.3 Å². The molecule has 0 aromatic rings. The first-order chi connectivity index (χ1) is 7.61. The van der Waals surface area contributed by atoms with E-state index in [9.17, 15) is 9.90 Å². The molecular weight excluding hydrogens is 224 g/mol. The number of aliphatic hydroxyl groups is 1. The van der Waals surface area contributed by atoms with Crippen LogP contribution in [0.15, 0.2) is 10.6 Å². The number of rotatable bonds is 0. The fourth-order valence-electron chi connectivity index (χ4n) is 4.34. The van der Waals surface area contributed by atoms with Crippen molar-refractivity contribution >= 4 is 17.4 Å². The first kappa shape index (κ1) is 10.8. The number of hydrogen-bond acceptors (Lipinski definition) is 2. The molecule has 0 spiro atoms. The van der Waals surface area contributed by atoms with E-state index in [-0.39, 0.29) is 17.9 Å². The summed E-state index contributed by atoms with van der Waals surface area (Å²) >= 11 is 6.16. The minimum atomic E-state index is -0.288. The quantitative estimate of drug-likeness (QED) is 0.707. The summed E-state index contributed by atoms with van der Waals surface area (Å²) in [5, 5.41) is 11.0. The molecule has 0 aromatic carbocycles. The van der Waals surface area contributed by atoms with E-state index < -0.39 is 0 Å². The summed E-state index contributed by atoms with van der Waals surface area (Å²) in [5.74, 6) is 1.33. The lowest BCUT2D eigenvalue weighted by atomic mass is 9.69. The van der Waals surface area contributed by atoms with Gasteiger partial charge in [0.1, 0.15) is 5.78 Å². The van der Waals surface area contributed by atoms with Crippen molar-refractivity contribution in [3.8, 4) is 0 Å². The molecule has 3 heteroatoms. The van der Waals surface area contributed by atoms with Gasteiger partial charge in [0.15, 0.2) is 0 Å². The van der Waals surface area contributed by atoms with E-state index in [0.29, 0.717) is 30.5 Å².